The minimum Gasteiger partial charge on any atom is -0.496 e. The number of benzene rings is 2. The van der Waals surface area contributed by atoms with Crippen LogP contribution in [-0.2, 0) is 0 Å². The van der Waals surface area contributed by atoms with Gasteiger partial charge in [0.2, 0.25) is 0 Å². The summed E-state index contributed by atoms with van der Waals surface area (Å²) in [7, 11) is 6.81. The number of nitrogens with zero attached hydrogens (tertiary/aromatic N) is 2. The van der Waals surface area contributed by atoms with E-state index in [-0.39, 0.29) is 29.6 Å². The van der Waals surface area contributed by atoms with Gasteiger partial charge in [0.15, 0.2) is 0 Å². The Morgan fingerprint density at radius 3 is 2.41 bits per heavy atom. The van der Waals surface area contributed by atoms with Crippen molar-refractivity contribution in [3.05, 3.63) is 63.7 Å². The van der Waals surface area contributed by atoms with Gasteiger partial charge in [0.25, 0.3) is 11.6 Å². The summed E-state index contributed by atoms with van der Waals surface area (Å²) in [6.45, 7) is 0.290. The predicted molar refractivity (Wildman–Crippen MR) is 101 cm³/mol. The Balaban J connectivity index is 2.24. The summed E-state index contributed by atoms with van der Waals surface area (Å²) in [4.78, 5) is 25.1. The molecule has 8 nitrogen and oxygen atoms in total. The van der Waals surface area contributed by atoms with Crippen LogP contribution < -0.4 is 14.8 Å². The largest absolute Gasteiger partial charge is 0.496 e. The summed E-state index contributed by atoms with van der Waals surface area (Å²) in [5.74, 6) is 0.549. The van der Waals surface area contributed by atoms with E-state index in [1.165, 1.54) is 25.3 Å². The minimum absolute atomic E-state index is 0.115. The third-order valence-electron chi connectivity index (χ3n) is 4.22. The van der Waals surface area contributed by atoms with E-state index in [4.69, 9.17) is 9.47 Å². The molecule has 0 spiro atoms. The molecular formula is C19H23N3O5. The molecule has 8 heteroatoms. The van der Waals surface area contributed by atoms with Crippen molar-refractivity contribution in [1.82, 2.24) is 10.2 Å². The van der Waals surface area contributed by atoms with Crippen LogP contribution in [0.25, 0.3) is 0 Å². The monoisotopic (exact) mass is 373 g/mol. The van der Waals surface area contributed by atoms with E-state index in [2.05, 4.69) is 5.32 Å². The molecule has 0 aliphatic heterocycles. The van der Waals surface area contributed by atoms with Crippen LogP contribution in [0.15, 0.2) is 42.5 Å². The molecule has 0 saturated heterocycles. The molecule has 1 unspecified atom stereocenters. The van der Waals surface area contributed by atoms with Crippen LogP contribution in [0.1, 0.15) is 22.0 Å². The highest BCUT2D eigenvalue weighted by molar-refractivity contribution is 5.97. The Morgan fingerprint density at radius 1 is 1.15 bits per heavy atom. The van der Waals surface area contributed by atoms with Gasteiger partial charge in [-0.25, -0.2) is 0 Å². The normalized spacial score (nSPS) is 11.7. The number of rotatable bonds is 8. The third-order valence-corrected chi connectivity index (χ3v) is 4.22. The molecule has 0 radical (unpaired) electrons. The zero-order valence-corrected chi connectivity index (χ0v) is 15.8. The van der Waals surface area contributed by atoms with E-state index >= 15 is 0 Å². The quantitative estimate of drug-likeness (QED) is 0.565. The Kier molecular flexibility index (Phi) is 6.73. The Labute approximate surface area is 157 Å². The first-order valence-electron chi connectivity index (χ1n) is 8.29. The number of hydrogen-bond donors (Lipinski definition) is 1. The smallest absolute Gasteiger partial charge is 0.270 e. The summed E-state index contributed by atoms with van der Waals surface area (Å²) in [5.41, 5.74) is 0.871. The van der Waals surface area contributed by atoms with Crippen molar-refractivity contribution in [3.63, 3.8) is 0 Å². The number of likely N-dealkylation sites (N-methyl/N-ethyl adjacent to an activating group) is 1. The van der Waals surface area contributed by atoms with Crippen LogP contribution in [0.4, 0.5) is 5.69 Å². The summed E-state index contributed by atoms with van der Waals surface area (Å²) in [5, 5.41) is 13.8. The van der Waals surface area contributed by atoms with Crippen LogP contribution in [0.5, 0.6) is 11.5 Å². The van der Waals surface area contributed by atoms with Crippen molar-refractivity contribution < 1.29 is 19.2 Å². The molecule has 1 amide bonds. The Morgan fingerprint density at radius 2 is 1.81 bits per heavy atom. The van der Waals surface area contributed by atoms with E-state index in [9.17, 15) is 14.9 Å². The standard InChI is InChI=1S/C19H23N3O5/c1-21(2)16(14-7-5-6-8-17(14)26-3)12-20-19(23)15-11-13(22(24)25)9-10-18(15)27-4/h5-11,16H,12H2,1-4H3,(H,20,23). The molecule has 1 N–H and O–H groups in total. The number of nitro benzene ring substituents is 1. The first-order chi connectivity index (χ1) is 12.9. The number of ether oxygens (including phenoxy) is 2. The van der Waals surface area contributed by atoms with Crippen molar-refractivity contribution in [1.29, 1.82) is 0 Å². The lowest BCUT2D eigenvalue weighted by atomic mass is 10.0. The van der Waals surface area contributed by atoms with Crippen molar-refractivity contribution >= 4 is 11.6 Å². The molecule has 2 aromatic rings. The van der Waals surface area contributed by atoms with Crippen molar-refractivity contribution in [2.45, 2.75) is 6.04 Å². The average molecular weight is 373 g/mol. The molecule has 144 valence electrons. The van der Waals surface area contributed by atoms with Crippen molar-refractivity contribution in [2.24, 2.45) is 0 Å². The minimum atomic E-state index is -0.548. The lowest BCUT2D eigenvalue weighted by Crippen LogP contribution is -2.35. The highest BCUT2D eigenvalue weighted by Gasteiger charge is 2.22. The average Bonchev–Trinajstić information content (AvgIpc) is 2.67. The molecule has 0 saturated carbocycles. The fraction of sp³-hybridized carbons (Fsp3) is 0.316. The zero-order valence-electron chi connectivity index (χ0n) is 15.8. The van der Waals surface area contributed by atoms with Gasteiger partial charge >= 0.3 is 0 Å². The van der Waals surface area contributed by atoms with E-state index in [0.29, 0.717) is 0 Å². The van der Waals surface area contributed by atoms with Crippen LogP contribution >= 0.6 is 0 Å². The van der Waals surface area contributed by atoms with Gasteiger partial charge in [0.1, 0.15) is 11.5 Å². The van der Waals surface area contributed by atoms with Gasteiger partial charge < -0.3 is 19.7 Å². The number of carbonyl (C=O) groups is 1. The number of non-ortho nitro benzene ring substituents is 1. The SMILES string of the molecule is COc1ccc([N+](=O)[O-])cc1C(=O)NCC(c1ccccc1OC)N(C)C. The maximum absolute atomic E-state index is 12.6. The molecule has 0 aliphatic carbocycles. The Bertz CT molecular complexity index is 823. The number of amides is 1. The second-order valence-electron chi connectivity index (χ2n) is 6.07. The summed E-state index contributed by atoms with van der Waals surface area (Å²) >= 11 is 0. The molecule has 27 heavy (non-hydrogen) atoms. The molecule has 2 aromatic carbocycles. The lowest BCUT2D eigenvalue weighted by Gasteiger charge is -2.26. The van der Waals surface area contributed by atoms with Gasteiger partial charge in [-0.15, -0.1) is 0 Å². The number of nitro groups is 1. The maximum Gasteiger partial charge on any atom is 0.270 e. The summed E-state index contributed by atoms with van der Waals surface area (Å²) in [6.07, 6.45) is 0. The number of nitrogens with one attached hydrogen (secondary N) is 1. The van der Waals surface area contributed by atoms with Gasteiger partial charge in [0, 0.05) is 24.2 Å². The van der Waals surface area contributed by atoms with E-state index < -0.39 is 10.8 Å². The second-order valence-corrected chi connectivity index (χ2v) is 6.07. The first kappa shape index (κ1) is 20.2. The molecule has 0 fully saturated rings. The van der Waals surface area contributed by atoms with Crippen LogP contribution in [-0.4, -0.2) is 50.6 Å². The van der Waals surface area contributed by atoms with Crippen molar-refractivity contribution in [2.75, 3.05) is 34.9 Å². The Hall–Kier alpha value is -3.13. The summed E-state index contributed by atoms with van der Waals surface area (Å²) in [6, 6.07) is 11.4. The second kappa shape index (κ2) is 9.00. The number of carbonyl (C=O) groups excluding carboxylic acids is 1. The fourth-order valence-corrected chi connectivity index (χ4v) is 2.78. The van der Waals surface area contributed by atoms with Crippen LogP contribution in [0.2, 0.25) is 0 Å². The molecule has 0 heterocycles. The highest BCUT2D eigenvalue weighted by atomic mass is 16.6. The van der Waals surface area contributed by atoms with Crippen LogP contribution in [0, 0.1) is 10.1 Å². The topological polar surface area (TPSA) is 93.9 Å². The first-order valence-corrected chi connectivity index (χ1v) is 8.29. The maximum atomic E-state index is 12.6. The highest BCUT2D eigenvalue weighted by Crippen LogP contribution is 2.28. The van der Waals surface area contributed by atoms with Gasteiger partial charge in [-0.1, -0.05) is 18.2 Å². The number of hydrogen-bond acceptors (Lipinski definition) is 6. The molecular weight excluding hydrogens is 350 g/mol. The molecule has 2 rings (SSSR count). The van der Waals surface area contributed by atoms with Crippen LogP contribution in [0.3, 0.4) is 0 Å². The number of para-hydroxylation sites is 1. The third kappa shape index (κ3) is 4.73. The molecule has 0 aromatic heterocycles. The number of methoxy groups -OCH3 is 2. The van der Waals surface area contributed by atoms with E-state index in [1.807, 2.05) is 43.3 Å². The predicted octanol–water partition coefficient (Wildman–Crippen LogP) is 2.64. The van der Waals surface area contributed by atoms with Gasteiger partial charge in [-0.3, -0.25) is 14.9 Å². The lowest BCUT2D eigenvalue weighted by molar-refractivity contribution is -0.384. The van der Waals surface area contributed by atoms with Crippen molar-refractivity contribution in [3.8, 4) is 11.5 Å². The van der Waals surface area contributed by atoms with E-state index in [0.717, 1.165) is 11.3 Å². The van der Waals surface area contributed by atoms with Gasteiger partial charge in [-0.2, -0.15) is 0 Å². The summed E-state index contributed by atoms with van der Waals surface area (Å²) < 4.78 is 10.6. The van der Waals surface area contributed by atoms with E-state index in [1.54, 1.807) is 7.11 Å². The molecule has 0 aliphatic rings. The fourth-order valence-electron chi connectivity index (χ4n) is 2.78. The van der Waals surface area contributed by atoms with Gasteiger partial charge in [0.05, 0.1) is 30.7 Å². The van der Waals surface area contributed by atoms with Gasteiger partial charge in [-0.05, 0) is 26.2 Å². The molecule has 0 bridgehead atoms. The molecule has 1 atom stereocenters. The zero-order chi connectivity index (χ0) is 20.0.